The van der Waals surface area contributed by atoms with Crippen molar-refractivity contribution in [2.75, 3.05) is 37.7 Å². The smallest absolute Gasteiger partial charge is 0.326 e. The summed E-state index contributed by atoms with van der Waals surface area (Å²) in [5.74, 6) is 1.80. The van der Waals surface area contributed by atoms with Crippen LogP contribution in [0.25, 0.3) is 11.2 Å². The van der Waals surface area contributed by atoms with Crippen LogP contribution < -0.4 is 4.90 Å². The highest BCUT2D eigenvalue weighted by Crippen LogP contribution is 2.46. The molecule has 3 aromatic rings. The summed E-state index contributed by atoms with van der Waals surface area (Å²) >= 11 is 12.6. The highest BCUT2D eigenvalue weighted by atomic mass is 35.5. The third-order valence-corrected chi connectivity index (χ3v) is 9.13. The van der Waals surface area contributed by atoms with Crippen LogP contribution >= 0.6 is 23.2 Å². The lowest BCUT2D eigenvalue weighted by atomic mass is 9.80. The average Bonchev–Trinajstić information content (AvgIpc) is 3.57. The minimum Gasteiger partial charge on any atom is -0.465 e. The summed E-state index contributed by atoms with van der Waals surface area (Å²) in [4.78, 5) is 27.0. The molecule has 9 nitrogen and oxygen atoms in total. The molecule has 11 heteroatoms. The Labute approximate surface area is 232 Å². The van der Waals surface area contributed by atoms with Gasteiger partial charge in [0.25, 0.3) is 0 Å². The molecular formula is C27H33Cl2N7O2. The molecule has 38 heavy (non-hydrogen) atoms. The topological polar surface area (TPSA) is 89.3 Å². The van der Waals surface area contributed by atoms with Crippen molar-refractivity contribution in [3.05, 3.63) is 39.5 Å². The molecule has 0 unspecified atom stereocenters. The van der Waals surface area contributed by atoms with Gasteiger partial charge in [0.05, 0.1) is 18.3 Å². The SMILES string of the molecule is CCOC(=O)C1(N2CCC[C@H](C3CN(c4nc(C)c5nnn([C@H](C)c6ccc(Cl)cc6Cl)c5n4)C3)C2)CC1. The standard InChI is InChI=1S/C27H33Cl2N7O2/c1-4-38-25(37)27(9-10-27)35-11-5-6-18(15-35)19-13-34(14-19)26-30-16(2)23-24(31-26)36(33-32-23)17(3)21-8-7-20(28)12-22(21)29/h7-8,12,17-19H,4-6,9-11,13-15H2,1-3H3/t17-,18+/m1/s1. The lowest BCUT2D eigenvalue weighted by Crippen LogP contribution is -2.56. The molecule has 2 saturated heterocycles. The summed E-state index contributed by atoms with van der Waals surface area (Å²) in [5.41, 5.74) is 2.74. The normalized spacial score (nSPS) is 22.3. The lowest BCUT2D eigenvalue weighted by molar-refractivity contribution is -0.152. The van der Waals surface area contributed by atoms with Gasteiger partial charge in [0.15, 0.2) is 11.2 Å². The van der Waals surface area contributed by atoms with Crippen LogP contribution in [0, 0.1) is 18.8 Å². The number of rotatable bonds is 7. The molecule has 6 rings (SSSR count). The number of hydrogen-bond donors (Lipinski definition) is 0. The van der Waals surface area contributed by atoms with Crippen LogP contribution in [0.2, 0.25) is 10.0 Å². The van der Waals surface area contributed by atoms with Gasteiger partial charge in [0.2, 0.25) is 5.95 Å². The van der Waals surface area contributed by atoms with Crippen LogP contribution in [0.5, 0.6) is 0 Å². The van der Waals surface area contributed by atoms with Crippen LogP contribution in [0.1, 0.15) is 56.8 Å². The summed E-state index contributed by atoms with van der Waals surface area (Å²) < 4.78 is 7.22. The van der Waals surface area contributed by atoms with Crippen LogP contribution in [-0.4, -0.2) is 74.2 Å². The fraction of sp³-hybridized carbons (Fsp3) is 0.593. The van der Waals surface area contributed by atoms with Crippen LogP contribution in [0.15, 0.2) is 18.2 Å². The first kappa shape index (κ1) is 25.8. The van der Waals surface area contributed by atoms with Crippen molar-refractivity contribution in [1.29, 1.82) is 0 Å². The molecule has 3 fully saturated rings. The average molecular weight is 559 g/mol. The van der Waals surface area contributed by atoms with Gasteiger partial charge in [-0.05, 0) is 82.5 Å². The first-order chi connectivity index (χ1) is 18.3. The van der Waals surface area contributed by atoms with Crippen molar-refractivity contribution < 1.29 is 9.53 Å². The Balaban J connectivity index is 1.17. The highest BCUT2D eigenvalue weighted by Gasteiger charge is 2.57. The van der Waals surface area contributed by atoms with E-state index >= 15 is 0 Å². The maximum absolute atomic E-state index is 12.6. The van der Waals surface area contributed by atoms with Gasteiger partial charge in [-0.15, -0.1) is 5.10 Å². The molecule has 2 atom stereocenters. The summed E-state index contributed by atoms with van der Waals surface area (Å²) in [7, 11) is 0. The molecule has 3 aliphatic rings. The van der Waals surface area contributed by atoms with E-state index in [-0.39, 0.29) is 17.6 Å². The Morgan fingerprint density at radius 2 is 1.97 bits per heavy atom. The summed E-state index contributed by atoms with van der Waals surface area (Å²) in [6.45, 7) is 10.1. The number of fused-ring (bicyclic) bond motifs is 1. The number of carbonyl (C=O) groups is 1. The number of aryl methyl sites for hydroxylation is 1. The molecule has 0 N–H and O–H groups in total. The summed E-state index contributed by atoms with van der Waals surface area (Å²) in [6, 6.07) is 5.32. The molecule has 1 aromatic carbocycles. The molecule has 2 aliphatic heterocycles. The van der Waals surface area contributed by atoms with E-state index in [1.807, 2.05) is 37.6 Å². The molecule has 2 aromatic heterocycles. The van der Waals surface area contributed by atoms with Crippen molar-refractivity contribution >= 4 is 46.3 Å². The van der Waals surface area contributed by atoms with Gasteiger partial charge in [-0.3, -0.25) is 9.69 Å². The molecule has 202 valence electrons. The molecule has 0 spiro atoms. The largest absolute Gasteiger partial charge is 0.465 e. The number of esters is 1. The number of anilines is 1. The monoisotopic (exact) mass is 557 g/mol. The summed E-state index contributed by atoms with van der Waals surface area (Å²) in [6.07, 6.45) is 4.16. The number of carbonyl (C=O) groups excluding carboxylic acids is 1. The number of benzene rings is 1. The first-order valence-electron chi connectivity index (χ1n) is 13.5. The number of aromatic nitrogens is 5. The quantitative estimate of drug-likeness (QED) is 0.386. The van der Waals surface area contributed by atoms with Gasteiger partial charge in [0.1, 0.15) is 5.54 Å². The third kappa shape index (κ3) is 4.42. The first-order valence-corrected chi connectivity index (χ1v) is 14.3. The van der Waals surface area contributed by atoms with Gasteiger partial charge >= 0.3 is 5.97 Å². The second kappa shape index (κ2) is 9.92. The number of nitrogens with zero attached hydrogens (tertiary/aromatic N) is 7. The van der Waals surface area contributed by atoms with Crippen LogP contribution in [-0.2, 0) is 9.53 Å². The molecule has 0 radical (unpaired) electrons. The van der Waals surface area contributed by atoms with E-state index in [9.17, 15) is 4.79 Å². The lowest BCUT2D eigenvalue weighted by Gasteiger charge is -2.47. The van der Waals surface area contributed by atoms with Gasteiger partial charge < -0.3 is 9.64 Å². The third-order valence-electron chi connectivity index (χ3n) is 8.57. The van der Waals surface area contributed by atoms with Crippen molar-refractivity contribution in [2.24, 2.45) is 11.8 Å². The molecular weight excluding hydrogens is 525 g/mol. The minimum absolute atomic E-state index is 0.0348. The van der Waals surface area contributed by atoms with E-state index in [2.05, 4.69) is 20.1 Å². The van der Waals surface area contributed by atoms with E-state index in [1.165, 1.54) is 6.42 Å². The number of ether oxygens (including phenoxy) is 1. The van der Waals surface area contributed by atoms with Crippen LogP contribution in [0.3, 0.4) is 0 Å². The maximum Gasteiger partial charge on any atom is 0.326 e. The second-order valence-corrected chi connectivity index (χ2v) is 11.8. The Bertz CT molecular complexity index is 1370. The molecule has 0 bridgehead atoms. The molecule has 1 saturated carbocycles. The van der Waals surface area contributed by atoms with Crippen molar-refractivity contribution in [3.8, 4) is 0 Å². The van der Waals surface area contributed by atoms with Gasteiger partial charge in [-0.1, -0.05) is 34.5 Å². The molecule has 0 amide bonds. The van der Waals surface area contributed by atoms with Crippen molar-refractivity contribution in [1.82, 2.24) is 29.9 Å². The maximum atomic E-state index is 12.6. The van der Waals surface area contributed by atoms with Crippen molar-refractivity contribution in [2.45, 2.75) is 58.0 Å². The van der Waals surface area contributed by atoms with E-state index in [4.69, 9.17) is 37.9 Å². The van der Waals surface area contributed by atoms with E-state index in [0.717, 1.165) is 56.7 Å². The zero-order valence-electron chi connectivity index (χ0n) is 22.0. The van der Waals surface area contributed by atoms with Crippen LogP contribution in [0.4, 0.5) is 5.95 Å². The number of halogens is 2. The Morgan fingerprint density at radius 1 is 1.18 bits per heavy atom. The van der Waals surface area contributed by atoms with Crippen molar-refractivity contribution in [3.63, 3.8) is 0 Å². The Hall–Kier alpha value is -2.49. The van der Waals surface area contributed by atoms with E-state index in [0.29, 0.717) is 45.6 Å². The highest BCUT2D eigenvalue weighted by molar-refractivity contribution is 6.35. The fourth-order valence-electron chi connectivity index (χ4n) is 6.11. The second-order valence-electron chi connectivity index (χ2n) is 10.9. The molecule has 4 heterocycles. The van der Waals surface area contributed by atoms with E-state index in [1.54, 1.807) is 6.07 Å². The Kier molecular flexibility index (Phi) is 6.73. The summed E-state index contributed by atoms with van der Waals surface area (Å²) in [5, 5.41) is 9.95. The minimum atomic E-state index is -0.363. The zero-order valence-corrected chi connectivity index (χ0v) is 23.5. The predicted molar refractivity (Wildman–Crippen MR) is 147 cm³/mol. The van der Waals surface area contributed by atoms with Gasteiger partial charge in [0, 0.05) is 29.7 Å². The fourth-order valence-corrected chi connectivity index (χ4v) is 6.68. The van der Waals surface area contributed by atoms with Gasteiger partial charge in [-0.2, -0.15) is 4.98 Å². The molecule has 1 aliphatic carbocycles. The van der Waals surface area contributed by atoms with Gasteiger partial charge in [-0.25, -0.2) is 9.67 Å². The van der Waals surface area contributed by atoms with E-state index < -0.39 is 0 Å². The predicted octanol–water partition coefficient (Wildman–Crippen LogP) is 4.69. The zero-order chi connectivity index (χ0) is 26.6. The number of hydrogen-bond acceptors (Lipinski definition) is 8. The number of piperidine rings is 1. The Morgan fingerprint density at radius 3 is 2.68 bits per heavy atom. The number of likely N-dealkylation sites (tertiary alicyclic amines) is 1.